The number of allylic oxidation sites excluding steroid dienone is 1. The van der Waals surface area contributed by atoms with Crippen LogP contribution in [0.2, 0.25) is 5.02 Å². The van der Waals surface area contributed by atoms with Gasteiger partial charge in [-0.25, -0.2) is 14.6 Å². The number of nitrogens with zero attached hydrogens (tertiary/aromatic N) is 2. The zero-order valence-electron chi connectivity index (χ0n) is 21.1. The molecule has 5 rings (SSSR count). The fourth-order valence-electron chi connectivity index (χ4n) is 4.31. The van der Waals surface area contributed by atoms with Gasteiger partial charge in [0.1, 0.15) is 5.75 Å². The van der Waals surface area contributed by atoms with Crippen LogP contribution in [-0.2, 0) is 9.53 Å². The zero-order valence-corrected chi connectivity index (χ0v) is 22.7. The molecular weight excluding hydrogens is 536 g/mol. The van der Waals surface area contributed by atoms with E-state index >= 15 is 0 Å². The molecule has 0 bridgehead atoms. The van der Waals surface area contributed by atoms with Gasteiger partial charge in [0.2, 0.25) is 0 Å². The summed E-state index contributed by atoms with van der Waals surface area (Å²) < 4.78 is 12.8. The van der Waals surface area contributed by atoms with E-state index in [9.17, 15) is 14.4 Å². The highest BCUT2D eigenvalue weighted by Crippen LogP contribution is 2.30. The lowest BCUT2D eigenvalue weighted by atomic mass is 9.96. The van der Waals surface area contributed by atoms with Gasteiger partial charge in [-0.05, 0) is 55.3 Å². The van der Waals surface area contributed by atoms with Crippen molar-refractivity contribution in [1.29, 1.82) is 0 Å². The van der Waals surface area contributed by atoms with E-state index in [1.54, 1.807) is 73.0 Å². The van der Waals surface area contributed by atoms with Crippen LogP contribution in [-0.4, -0.2) is 23.1 Å². The molecule has 7 nitrogen and oxygen atoms in total. The second kappa shape index (κ2) is 11.2. The number of ether oxygens (including phenoxy) is 2. The van der Waals surface area contributed by atoms with Crippen LogP contribution in [0.25, 0.3) is 6.08 Å². The molecule has 0 saturated carbocycles. The first-order valence-electron chi connectivity index (χ1n) is 12.2. The second-order valence-corrected chi connectivity index (χ2v) is 10.1. The van der Waals surface area contributed by atoms with Crippen molar-refractivity contribution in [3.8, 4) is 5.75 Å². The second-order valence-electron chi connectivity index (χ2n) is 8.65. The van der Waals surface area contributed by atoms with Gasteiger partial charge in [-0.15, -0.1) is 0 Å². The summed E-state index contributed by atoms with van der Waals surface area (Å²) in [7, 11) is 0. The third kappa shape index (κ3) is 5.34. The van der Waals surface area contributed by atoms with Crippen molar-refractivity contribution in [2.24, 2.45) is 4.99 Å². The molecule has 1 atom stereocenters. The van der Waals surface area contributed by atoms with E-state index in [0.29, 0.717) is 31.4 Å². The van der Waals surface area contributed by atoms with Crippen LogP contribution in [0.4, 0.5) is 0 Å². The molecule has 2 heterocycles. The smallest absolute Gasteiger partial charge is 0.345 e. The number of rotatable bonds is 6. The van der Waals surface area contributed by atoms with E-state index in [1.165, 1.54) is 11.3 Å². The maximum atomic E-state index is 13.7. The van der Waals surface area contributed by atoms with Gasteiger partial charge in [0, 0.05) is 0 Å². The topological polar surface area (TPSA) is 87.0 Å². The molecule has 0 unspecified atom stereocenters. The Bertz CT molecular complexity index is 1770. The number of benzene rings is 3. The maximum Gasteiger partial charge on any atom is 0.345 e. The number of fused-ring (bicyclic) bond motifs is 1. The molecule has 4 aromatic rings. The number of carbonyl (C=O) groups is 2. The van der Waals surface area contributed by atoms with Gasteiger partial charge in [-0.1, -0.05) is 77.5 Å². The molecule has 1 aromatic heterocycles. The molecule has 0 fully saturated rings. The van der Waals surface area contributed by atoms with Crippen molar-refractivity contribution >= 4 is 41.0 Å². The summed E-state index contributed by atoms with van der Waals surface area (Å²) in [6.07, 6.45) is 1.74. The van der Waals surface area contributed by atoms with Crippen molar-refractivity contribution in [2.75, 3.05) is 6.61 Å². The van der Waals surface area contributed by atoms with Crippen LogP contribution < -0.4 is 19.6 Å². The van der Waals surface area contributed by atoms with Crippen LogP contribution in [0.5, 0.6) is 5.75 Å². The monoisotopic (exact) mass is 558 g/mol. The number of aromatic nitrogens is 1. The SMILES string of the molecule is CCOC(=O)C1=C(C)N=c2s/c(=C/c3ccc(OC(=O)c4ccccc4Cl)cc3)c(=O)n2[C@@H]1c1ccccc1. The van der Waals surface area contributed by atoms with Crippen LogP contribution in [0.1, 0.15) is 41.4 Å². The van der Waals surface area contributed by atoms with Gasteiger partial charge >= 0.3 is 11.9 Å². The van der Waals surface area contributed by atoms with Crippen molar-refractivity contribution in [1.82, 2.24) is 4.57 Å². The molecule has 1 aliphatic heterocycles. The predicted octanol–water partition coefficient (Wildman–Crippen LogP) is 4.67. The highest BCUT2D eigenvalue weighted by molar-refractivity contribution is 7.07. The summed E-state index contributed by atoms with van der Waals surface area (Å²) in [5.74, 6) is -0.712. The average Bonchev–Trinajstić information content (AvgIpc) is 3.23. The van der Waals surface area contributed by atoms with Gasteiger partial charge in [0.05, 0.1) is 39.0 Å². The van der Waals surface area contributed by atoms with E-state index in [-0.39, 0.29) is 17.7 Å². The van der Waals surface area contributed by atoms with E-state index in [2.05, 4.69) is 4.99 Å². The summed E-state index contributed by atoms with van der Waals surface area (Å²) in [6, 6.07) is 22.2. The molecule has 1 aliphatic rings. The quantitative estimate of drug-likeness (QED) is 0.253. The minimum absolute atomic E-state index is 0.214. The Kier molecular flexibility index (Phi) is 7.58. The molecule has 0 radical (unpaired) electrons. The number of esters is 2. The zero-order chi connectivity index (χ0) is 27.5. The Morgan fingerprint density at radius 2 is 1.69 bits per heavy atom. The molecule has 0 saturated heterocycles. The minimum atomic E-state index is -0.657. The van der Waals surface area contributed by atoms with Gasteiger partial charge in [0.25, 0.3) is 5.56 Å². The van der Waals surface area contributed by atoms with Gasteiger partial charge in [-0.2, -0.15) is 0 Å². The maximum absolute atomic E-state index is 13.7. The van der Waals surface area contributed by atoms with Crippen molar-refractivity contribution in [3.63, 3.8) is 0 Å². The standard InChI is InChI=1S/C30H23ClN2O5S/c1-3-37-29(36)25-18(2)32-30-33(26(25)20-9-5-4-6-10-20)27(34)24(39-30)17-19-13-15-21(16-14-19)38-28(35)22-11-7-8-12-23(22)31/h4-17,26H,3H2,1-2H3/b24-17+/t26-/m1/s1. The Balaban J connectivity index is 1.50. The highest BCUT2D eigenvalue weighted by atomic mass is 35.5. The van der Waals surface area contributed by atoms with E-state index in [4.69, 9.17) is 21.1 Å². The third-order valence-electron chi connectivity index (χ3n) is 6.11. The fourth-order valence-corrected chi connectivity index (χ4v) is 5.57. The number of thiazole rings is 1. The number of halogens is 1. The van der Waals surface area contributed by atoms with Crippen molar-refractivity contribution < 1.29 is 19.1 Å². The number of hydrogen-bond donors (Lipinski definition) is 0. The number of carbonyl (C=O) groups excluding carboxylic acids is 2. The average molecular weight is 559 g/mol. The Hall–Kier alpha value is -4.27. The minimum Gasteiger partial charge on any atom is -0.463 e. The van der Waals surface area contributed by atoms with Crippen LogP contribution in [0.3, 0.4) is 0 Å². The van der Waals surface area contributed by atoms with Gasteiger partial charge < -0.3 is 9.47 Å². The largest absolute Gasteiger partial charge is 0.463 e. The molecule has 9 heteroatoms. The third-order valence-corrected chi connectivity index (χ3v) is 7.43. The lowest BCUT2D eigenvalue weighted by molar-refractivity contribution is -0.139. The summed E-state index contributed by atoms with van der Waals surface area (Å²) in [5, 5.41) is 0.310. The van der Waals surface area contributed by atoms with Crippen molar-refractivity contribution in [2.45, 2.75) is 19.9 Å². The van der Waals surface area contributed by atoms with Gasteiger partial charge in [-0.3, -0.25) is 9.36 Å². The Labute approximate surface area is 232 Å². The lowest BCUT2D eigenvalue weighted by Gasteiger charge is -2.24. The van der Waals surface area contributed by atoms with Crippen LogP contribution in [0, 0.1) is 0 Å². The van der Waals surface area contributed by atoms with E-state index < -0.39 is 18.0 Å². The van der Waals surface area contributed by atoms with E-state index in [0.717, 1.165) is 11.1 Å². The molecule has 0 N–H and O–H groups in total. The normalized spacial score (nSPS) is 14.9. The molecule has 39 heavy (non-hydrogen) atoms. The number of hydrogen-bond acceptors (Lipinski definition) is 7. The highest BCUT2D eigenvalue weighted by Gasteiger charge is 2.33. The molecule has 196 valence electrons. The summed E-state index contributed by atoms with van der Waals surface area (Å²) in [4.78, 5) is 44.1. The van der Waals surface area contributed by atoms with Crippen LogP contribution in [0.15, 0.2) is 99.9 Å². The first-order valence-corrected chi connectivity index (χ1v) is 13.4. The molecule has 0 spiro atoms. The summed E-state index contributed by atoms with van der Waals surface area (Å²) in [5.41, 5.74) is 2.37. The predicted molar refractivity (Wildman–Crippen MR) is 150 cm³/mol. The van der Waals surface area contributed by atoms with Crippen molar-refractivity contribution in [3.05, 3.63) is 132 Å². The first-order chi connectivity index (χ1) is 18.9. The Morgan fingerprint density at radius 1 is 1.00 bits per heavy atom. The molecule has 3 aromatic carbocycles. The lowest BCUT2D eigenvalue weighted by Crippen LogP contribution is -2.39. The first kappa shape index (κ1) is 26.3. The summed E-state index contributed by atoms with van der Waals surface area (Å²) >= 11 is 7.33. The van der Waals surface area contributed by atoms with Gasteiger partial charge in [0.15, 0.2) is 4.80 Å². The molecule has 0 amide bonds. The molecular formula is C30H23ClN2O5S. The van der Waals surface area contributed by atoms with E-state index in [1.807, 2.05) is 30.3 Å². The summed E-state index contributed by atoms with van der Waals surface area (Å²) in [6.45, 7) is 3.71. The Morgan fingerprint density at radius 3 is 2.38 bits per heavy atom. The fraction of sp³-hybridized carbons (Fsp3) is 0.133. The molecule has 0 aliphatic carbocycles. The van der Waals surface area contributed by atoms with Crippen LogP contribution >= 0.6 is 22.9 Å².